The van der Waals surface area contributed by atoms with Crippen molar-refractivity contribution in [1.82, 2.24) is 4.98 Å². The topological polar surface area (TPSA) is 48.1 Å². The molecule has 18 heavy (non-hydrogen) atoms. The lowest BCUT2D eigenvalue weighted by Gasteiger charge is -2.22. The number of pyridine rings is 1. The first kappa shape index (κ1) is 12.6. The van der Waals surface area contributed by atoms with Crippen LogP contribution in [0.5, 0.6) is 5.75 Å². The number of hydrogen-bond donors (Lipinski definition) is 1. The highest BCUT2D eigenvalue weighted by Crippen LogP contribution is 2.25. The molecule has 2 aromatic rings. The quantitative estimate of drug-likeness (QED) is 0.896. The third-order valence-electron chi connectivity index (χ3n) is 2.80. The minimum atomic E-state index is -0.229. The van der Waals surface area contributed by atoms with Crippen molar-refractivity contribution in [2.75, 3.05) is 0 Å². The summed E-state index contributed by atoms with van der Waals surface area (Å²) in [5.74, 6) is 0.852. The number of rotatable bonds is 4. The van der Waals surface area contributed by atoms with Gasteiger partial charge in [0, 0.05) is 12.2 Å². The Morgan fingerprint density at radius 1 is 1.11 bits per heavy atom. The minimum Gasteiger partial charge on any atom is -0.482 e. The Bertz CT molecular complexity index is 497. The summed E-state index contributed by atoms with van der Waals surface area (Å²) < 4.78 is 6.01. The number of aryl methyl sites for hydroxylation is 1. The van der Waals surface area contributed by atoms with Crippen LogP contribution in [0, 0.1) is 6.92 Å². The minimum absolute atomic E-state index is 0.125. The Morgan fingerprint density at radius 2 is 1.83 bits per heavy atom. The second-order valence-corrected chi connectivity index (χ2v) is 4.42. The summed E-state index contributed by atoms with van der Waals surface area (Å²) in [7, 11) is 0. The van der Waals surface area contributed by atoms with Gasteiger partial charge in [0.05, 0.1) is 5.69 Å². The second-order valence-electron chi connectivity index (χ2n) is 4.42. The van der Waals surface area contributed by atoms with E-state index < -0.39 is 0 Å². The Balaban J connectivity index is 2.26. The third-order valence-corrected chi connectivity index (χ3v) is 2.80. The van der Waals surface area contributed by atoms with Gasteiger partial charge in [0.1, 0.15) is 5.75 Å². The molecule has 0 fully saturated rings. The summed E-state index contributed by atoms with van der Waals surface area (Å²) in [6.07, 6.45) is 1.53. The molecule has 2 atom stereocenters. The summed E-state index contributed by atoms with van der Waals surface area (Å²) in [5.41, 5.74) is 7.96. The van der Waals surface area contributed by atoms with Gasteiger partial charge < -0.3 is 10.5 Å². The van der Waals surface area contributed by atoms with Gasteiger partial charge >= 0.3 is 0 Å². The van der Waals surface area contributed by atoms with E-state index in [1.54, 1.807) is 6.20 Å². The van der Waals surface area contributed by atoms with Crippen molar-refractivity contribution in [2.24, 2.45) is 5.73 Å². The molecule has 2 rings (SSSR count). The molecule has 3 heteroatoms. The largest absolute Gasteiger partial charge is 0.482 e. The van der Waals surface area contributed by atoms with Gasteiger partial charge in [0.25, 0.3) is 0 Å². The number of ether oxygens (including phenoxy) is 1. The molecule has 0 aliphatic heterocycles. The Morgan fingerprint density at radius 3 is 2.44 bits per heavy atom. The summed E-state index contributed by atoms with van der Waals surface area (Å²) >= 11 is 0. The van der Waals surface area contributed by atoms with E-state index in [1.165, 1.54) is 0 Å². The summed E-state index contributed by atoms with van der Waals surface area (Å²) in [6.45, 7) is 3.95. The Labute approximate surface area is 108 Å². The average molecular weight is 242 g/mol. The third kappa shape index (κ3) is 2.87. The molecular weight excluding hydrogens is 224 g/mol. The average Bonchev–Trinajstić information content (AvgIpc) is 2.38. The van der Waals surface area contributed by atoms with Crippen molar-refractivity contribution in [3.05, 3.63) is 59.9 Å². The SMILES string of the molecule is Cc1ccccc1OC(c1ccccn1)C(C)N. The lowest BCUT2D eigenvalue weighted by molar-refractivity contribution is 0.174. The van der Waals surface area contributed by atoms with Gasteiger partial charge in [-0.2, -0.15) is 0 Å². The molecule has 2 unspecified atom stereocenters. The van der Waals surface area contributed by atoms with Crippen LogP contribution >= 0.6 is 0 Å². The molecular formula is C15H18N2O. The van der Waals surface area contributed by atoms with Crippen molar-refractivity contribution in [3.63, 3.8) is 0 Å². The van der Waals surface area contributed by atoms with Crippen LogP contribution in [0.1, 0.15) is 24.3 Å². The maximum Gasteiger partial charge on any atom is 0.155 e. The normalized spacial score (nSPS) is 13.9. The van der Waals surface area contributed by atoms with Gasteiger partial charge in [-0.3, -0.25) is 4.98 Å². The van der Waals surface area contributed by atoms with Crippen LogP contribution in [-0.4, -0.2) is 11.0 Å². The number of para-hydroxylation sites is 1. The van der Waals surface area contributed by atoms with E-state index in [2.05, 4.69) is 4.98 Å². The van der Waals surface area contributed by atoms with E-state index in [9.17, 15) is 0 Å². The zero-order valence-corrected chi connectivity index (χ0v) is 10.7. The van der Waals surface area contributed by atoms with Crippen LogP contribution < -0.4 is 10.5 Å². The molecule has 1 aromatic heterocycles. The molecule has 0 aliphatic rings. The first-order chi connectivity index (χ1) is 8.68. The van der Waals surface area contributed by atoms with Crippen LogP contribution in [0.2, 0.25) is 0 Å². The van der Waals surface area contributed by atoms with E-state index in [1.807, 2.05) is 56.3 Å². The van der Waals surface area contributed by atoms with Crippen molar-refractivity contribution >= 4 is 0 Å². The highest BCUT2D eigenvalue weighted by Gasteiger charge is 2.19. The van der Waals surface area contributed by atoms with E-state index in [0.29, 0.717) is 0 Å². The highest BCUT2D eigenvalue weighted by molar-refractivity contribution is 5.32. The maximum atomic E-state index is 6.01. The first-order valence-electron chi connectivity index (χ1n) is 6.07. The lowest BCUT2D eigenvalue weighted by Crippen LogP contribution is -2.29. The summed E-state index contributed by atoms with van der Waals surface area (Å²) in [5, 5.41) is 0. The van der Waals surface area contributed by atoms with Crippen molar-refractivity contribution < 1.29 is 4.74 Å². The van der Waals surface area contributed by atoms with Crippen LogP contribution in [0.15, 0.2) is 48.7 Å². The van der Waals surface area contributed by atoms with Crippen molar-refractivity contribution in [1.29, 1.82) is 0 Å². The van der Waals surface area contributed by atoms with E-state index in [4.69, 9.17) is 10.5 Å². The number of nitrogens with two attached hydrogens (primary N) is 1. The molecule has 1 heterocycles. The zero-order chi connectivity index (χ0) is 13.0. The smallest absolute Gasteiger partial charge is 0.155 e. The fraction of sp³-hybridized carbons (Fsp3) is 0.267. The van der Waals surface area contributed by atoms with Gasteiger partial charge in [-0.25, -0.2) is 0 Å². The molecule has 0 spiro atoms. The standard InChI is InChI=1S/C15H18N2O/c1-11-7-3-4-9-14(11)18-15(12(2)16)13-8-5-6-10-17-13/h3-10,12,15H,16H2,1-2H3. The number of nitrogens with zero attached hydrogens (tertiary/aromatic N) is 1. The van der Waals surface area contributed by atoms with E-state index in [-0.39, 0.29) is 12.1 Å². The lowest BCUT2D eigenvalue weighted by atomic mass is 10.1. The van der Waals surface area contributed by atoms with Crippen LogP contribution in [0.25, 0.3) is 0 Å². The van der Waals surface area contributed by atoms with Gasteiger partial charge in [-0.05, 0) is 37.6 Å². The second kappa shape index (κ2) is 5.65. The number of aromatic nitrogens is 1. The fourth-order valence-electron chi connectivity index (χ4n) is 1.81. The van der Waals surface area contributed by atoms with Gasteiger partial charge in [-0.1, -0.05) is 24.3 Å². The summed E-state index contributed by atoms with van der Waals surface area (Å²) in [6, 6.07) is 13.6. The molecule has 94 valence electrons. The van der Waals surface area contributed by atoms with Crippen molar-refractivity contribution in [2.45, 2.75) is 26.0 Å². The predicted octanol–water partition coefficient (Wildman–Crippen LogP) is 2.86. The van der Waals surface area contributed by atoms with E-state index >= 15 is 0 Å². The van der Waals surface area contributed by atoms with Crippen LogP contribution in [0.3, 0.4) is 0 Å². The number of benzene rings is 1. The Kier molecular flexibility index (Phi) is 3.95. The molecule has 0 radical (unpaired) electrons. The maximum absolute atomic E-state index is 6.01. The van der Waals surface area contributed by atoms with Crippen LogP contribution in [-0.2, 0) is 0 Å². The molecule has 3 nitrogen and oxygen atoms in total. The summed E-state index contributed by atoms with van der Waals surface area (Å²) in [4.78, 5) is 4.32. The van der Waals surface area contributed by atoms with Gasteiger partial charge in [-0.15, -0.1) is 0 Å². The molecule has 0 saturated heterocycles. The molecule has 0 amide bonds. The molecule has 0 aliphatic carbocycles. The Hall–Kier alpha value is -1.87. The van der Waals surface area contributed by atoms with Gasteiger partial charge in [0.2, 0.25) is 0 Å². The monoisotopic (exact) mass is 242 g/mol. The molecule has 2 N–H and O–H groups in total. The fourth-order valence-corrected chi connectivity index (χ4v) is 1.81. The predicted molar refractivity (Wildman–Crippen MR) is 72.4 cm³/mol. The van der Waals surface area contributed by atoms with Crippen molar-refractivity contribution in [3.8, 4) is 5.75 Å². The van der Waals surface area contributed by atoms with E-state index in [0.717, 1.165) is 17.0 Å². The molecule has 0 bridgehead atoms. The number of hydrogen-bond acceptors (Lipinski definition) is 3. The first-order valence-corrected chi connectivity index (χ1v) is 6.07. The molecule has 1 aromatic carbocycles. The zero-order valence-electron chi connectivity index (χ0n) is 10.7. The highest BCUT2D eigenvalue weighted by atomic mass is 16.5. The molecule has 0 saturated carbocycles. The van der Waals surface area contributed by atoms with Crippen LogP contribution in [0.4, 0.5) is 0 Å². The van der Waals surface area contributed by atoms with Gasteiger partial charge in [0.15, 0.2) is 6.10 Å².